The van der Waals surface area contributed by atoms with E-state index in [1.165, 1.54) is 0 Å². The predicted molar refractivity (Wildman–Crippen MR) is 74.9 cm³/mol. The molecule has 4 nitrogen and oxygen atoms in total. The SMILES string of the molecule is CCOC(=O)[C@@H]1C(C#C[Si](C)(C)C)[C@@H]1C(=O)OCC. The van der Waals surface area contributed by atoms with Gasteiger partial charge in [0.25, 0.3) is 0 Å². The fourth-order valence-electron chi connectivity index (χ4n) is 1.85. The molecular formula is C14H22O4Si. The number of rotatable bonds is 4. The molecule has 0 saturated heterocycles. The molecule has 0 aliphatic heterocycles. The summed E-state index contributed by atoms with van der Waals surface area (Å²) < 4.78 is 9.97. The summed E-state index contributed by atoms with van der Waals surface area (Å²) in [6.45, 7) is 10.5. The second-order valence-electron chi connectivity index (χ2n) is 5.60. The highest BCUT2D eigenvalue weighted by atomic mass is 28.3. The summed E-state index contributed by atoms with van der Waals surface area (Å²) in [6, 6.07) is 0. The normalized spacial score (nSPS) is 25.0. The molecule has 0 aromatic rings. The van der Waals surface area contributed by atoms with E-state index in [4.69, 9.17) is 9.47 Å². The molecule has 0 amide bonds. The molecule has 0 bridgehead atoms. The molecule has 106 valence electrons. The van der Waals surface area contributed by atoms with Crippen molar-refractivity contribution in [3.8, 4) is 11.5 Å². The summed E-state index contributed by atoms with van der Waals surface area (Å²) in [4.78, 5) is 23.5. The number of esters is 2. The van der Waals surface area contributed by atoms with Crippen LogP contribution in [0.1, 0.15) is 13.8 Å². The van der Waals surface area contributed by atoms with E-state index in [0.29, 0.717) is 13.2 Å². The molecule has 1 rings (SSSR count). The first-order valence-electron chi connectivity index (χ1n) is 6.67. The Balaban J connectivity index is 2.79. The van der Waals surface area contributed by atoms with Gasteiger partial charge in [-0.15, -0.1) is 11.5 Å². The van der Waals surface area contributed by atoms with Crippen LogP contribution in [0.5, 0.6) is 0 Å². The highest BCUT2D eigenvalue weighted by Crippen LogP contribution is 2.47. The van der Waals surface area contributed by atoms with Crippen molar-refractivity contribution >= 4 is 20.0 Å². The fraction of sp³-hybridized carbons (Fsp3) is 0.714. The Labute approximate surface area is 115 Å². The molecule has 0 N–H and O–H groups in total. The van der Waals surface area contributed by atoms with Gasteiger partial charge in [-0.1, -0.05) is 19.6 Å². The van der Waals surface area contributed by atoms with E-state index in [1.807, 2.05) is 0 Å². The average molecular weight is 282 g/mol. The molecule has 0 heterocycles. The lowest BCUT2D eigenvalue weighted by atomic mass is 10.3. The van der Waals surface area contributed by atoms with Crippen LogP contribution >= 0.6 is 0 Å². The first-order chi connectivity index (χ1) is 8.81. The molecule has 1 saturated carbocycles. The van der Waals surface area contributed by atoms with E-state index >= 15 is 0 Å². The fourth-order valence-corrected chi connectivity index (χ4v) is 2.45. The van der Waals surface area contributed by atoms with Crippen LogP contribution in [0, 0.1) is 29.2 Å². The number of ether oxygens (including phenoxy) is 2. The second-order valence-corrected chi connectivity index (χ2v) is 10.4. The molecule has 1 aliphatic rings. The van der Waals surface area contributed by atoms with Crippen LogP contribution < -0.4 is 0 Å². The van der Waals surface area contributed by atoms with Crippen molar-refractivity contribution in [1.82, 2.24) is 0 Å². The summed E-state index contributed by atoms with van der Waals surface area (Å²) >= 11 is 0. The van der Waals surface area contributed by atoms with E-state index in [-0.39, 0.29) is 17.9 Å². The Morgan fingerprint density at radius 1 is 1.00 bits per heavy atom. The van der Waals surface area contributed by atoms with Gasteiger partial charge >= 0.3 is 11.9 Å². The minimum absolute atomic E-state index is 0.232. The molecule has 1 aliphatic carbocycles. The van der Waals surface area contributed by atoms with Crippen LogP contribution in [0.4, 0.5) is 0 Å². The third kappa shape index (κ3) is 4.39. The van der Waals surface area contributed by atoms with E-state index in [0.717, 1.165) is 0 Å². The lowest BCUT2D eigenvalue weighted by molar-refractivity contribution is -0.150. The number of carbonyl (C=O) groups excluding carboxylic acids is 2. The van der Waals surface area contributed by atoms with Crippen molar-refractivity contribution < 1.29 is 19.1 Å². The van der Waals surface area contributed by atoms with Crippen LogP contribution in [-0.2, 0) is 19.1 Å². The number of hydrogen-bond donors (Lipinski definition) is 0. The largest absolute Gasteiger partial charge is 0.466 e. The molecule has 1 unspecified atom stereocenters. The topological polar surface area (TPSA) is 52.6 Å². The van der Waals surface area contributed by atoms with Crippen molar-refractivity contribution in [2.24, 2.45) is 17.8 Å². The van der Waals surface area contributed by atoms with Gasteiger partial charge in [0.15, 0.2) is 0 Å². The summed E-state index contributed by atoms with van der Waals surface area (Å²) in [5.74, 6) is 1.30. The van der Waals surface area contributed by atoms with Crippen LogP contribution in [0.15, 0.2) is 0 Å². The van der Waals surface area contributed by atoms with Gasteiger partial charge in [0, 0.05) is 5.92 Å². The smallest absolute Gasteiger partial charge is 0.311 e. The Kier molecular flexibility index (Phi) is 5.18. The summed E-state index contributed by atoms with van der Waals surface area (Å²) in [7, 11) is -1.51. The van der Waals surface area contributed by atoms with Crippen LogP contribution in [0.25, 0.3) is 0 Å². The molecule has 0 spiro atoms. The number of carbonyl (C=O) groups is 2. The Morgan fingerprint density at radius 3 is 1.74 bits per heavy atom. The van der Waals surface area contributed by atoms with Gasteiger partial charge < -0.3 is 9.47 Å². The molecule has 5 heteroatoms. The van der Waals surface area contributed by atoms with Crippen molar-refractivity contribution in [2.75, 3.05) is 13.2 Å². The lowest BCUT2D eigenvalue weighted by Crippen LogP contribution is -2.16. The molecule has 3 atom stereocenters. The molecule has 19 heavy (non-hydrogen) atoms. The molecule has 0 radical (unpaired) electrons. The zero-order chi connectivity index (χ0) is 14.6. The molecule has 0 aromatic carbocycles. The monoisotopic (exact) mass is 282 g/mol. The zero-order valence-corrected chi connectivity index (χ0v) is 13.3. The number of hydrogen-bond acceptors (Lipinski definition) is 4. The maximum absolute atomic E-state index is 11.8. The Hall–Kier alpha value is -1.28. The van der Waals surface area contributed by atoms with E-state index in [2.05, 4.69) is 31.1 Å². The van der Waals surface area contributed by atoms with Crippen LogP contribution in [0.2, 0.25) is 19.6 Å². The van der Waals surface area contributed by atoms with Crippen LogP contribution in [0.3, 0.4) is 0 Å². The van der Waals surface area contributed by atoms with Gasteiger partial charge in [-0.3, -0.25) is 9.59 Å². The maximum atomic E-state index is 11.8. The molecular weight excluding hydrogens is 260 g/mol. The third-order valence-electron chi connectivity index (χ3n) is 2.75. The van der Waals surface area contributed by atoms with Gasteiger partial charge in [-0.25, -0.2) is 0 Å². The second kappa shape index (κ2) is 6.24. The van der Waals surface area contributed by atoms with Gasteiger partial charge in [0.2, 0.25) is 0 Å². The first kappa shape index (κ1) is 15.8. The summed E-state index contributed by atoms with van der Waals surface area (Å²) in [6.07, 6.45) is 0. The van der Waals surface area contributed by atoms with E-state index < -0.39 is 19.9 Å². The standard InChI is InChI=1S/C14H22O4Si/c1-6-17-13(15)11-10(8-9-19(3,4)5)12(11)14(16)18-7-2/h10-12H,6-7H2,1-5H3/t10?,11-,12+. The third-order valence-corrected chi connectivity index (χ3v) is 3.65. The minimum atomic E-state index is -1.51. The molecule has 0 aromatic heterocycles. The molecule has 1 fully saturated rings. The maximum Gasteiger partial charge on any atom is 0.311 e. The first-order valence-corrected chi connectivity index (χ1v) is 10.2. The van der Waals surface area contributed by atoms with Crippen molar-refractivity contribution in [1.29, 1.82) is 0 Å². The Morgan fingerprint density at radius 2 is 1.42 bits per heavy atom. The van der Waals surface area contributed by atoms with Gasteiger partial charge in [0.05, 0.1) is 25.0 Å². The minimum Gasteiger partial charge on any atom is -0.466 e. The quantitative estimate of drug-likeness (QED) is 0.449. The van der Waals surface area contributed by atoms with Crippen LogP contribution in [-0.4, -0.2) is 33.2 Å². The van der Waals surface area contributed by atoms with Crippen molar-refractivity contribution in [3.05, 3.63) is 0 Å². The highest BCUT2D eigenvalue weighted by molar-refractivity contribution is 6.83. The highest BCUT2D eigenvalue weighted by Gasteiger charge is 2.60. The van der Waals surface area contributed by atoms with Crippen molar-refractivity contribution in [3.63, 3.8) is 0 Å². The van der Waals surface area contributed by atoms with Gasteiger partial charge in [0.1, 0.15) is 8.07 Å². The summed E-state index contributed by atoms with van der Waals surface area (Å²) in [5.41, 5.74) is 3.21. The average Bonchev–Trinajstić information content (AvgIpc) is 3.00. The summed E-state index contributed by atoms with van der Waals surface area (Å²) in [5, 5.41) is 0. The van der Waals surface area contributed by atoms with E-state index in [9.17, 15) is 9.59 Å². The van der Waals surface area contributed by atoms with Gasteiger partial charge in [-0.2, -0.15) is 0 Å². The Bertz CT molecular complexity index is 389. The lowest BCUT2D eigenvalue weighted by Gasteiger charge is -2.03. The van der Waals surface area contributed by atoms with E-state index in [1.54, 1.807) is 13.8 Å². The zero-order valence-electron chi connectivity index (χ0n) is 12.3. The van der Waals surface area contributed by atoms with Gasteiger partial charge in [-0.05, 0) is 13.8 Å². The van der Waals surface area contributed by atoms with Crippen molar-refractivity contribution in [2.45, 2.75) is 33.5 Å². The predicted octanol–water partition coefficient (Wildman–Crippen LogP) is 1.86.